The Labute approximate surface area is 163 Å². The van der Waals surface area contributed by atoms with E-state index in [4.69, 9.17) is 0 Å². The zero-order valence-corrected chi connectivity index (χ0v) is 16.4. The summed E-state index contributed by atoms with van der Waals surface area (Å²) >= 11 is 0. The van der Waals surface area contributed by atoms with Gasteiger partial charge < -0.3 is 5.32 Å². The van der Waals surface area contributed by atoms with Crippen LogP contribution in [0, 0.1) is 17.3 Å². The van der Waals surface area contributed by atoms with Gasteiger partial charge in [-0.25, -0.2) is 4.79 Å². The molecular formula is C24H32N2O. The van der Waals surface area contributed by atoms with Gasteiger partial charge in [-0.05, 0) is 99.2 Å². The van der Waals surface area contributed by atoms with Crippen LogP contribution in [0.25, 0.3) is 0 Å². The van der Waals surface area contributed by atoms with Crippen LogP contribution in [-0.2, 0) is 4.79 Å². The lowest BCUT2D eigenvalue weighted by atomic mass is 9.50. The van der Waals surface area contributed by atoms with Gasteiger partial charge >= 0.3 is 0 Å². The van der Waals surface area contributed by atoms with Crippen LogP contribution in [0.1, 0.15) is 64.2 Å². The maximum Gasteiger partial charge on any atom is 0.128 e. The first-order valence-corrected chi connectivity index (χ1v) is 11.4. The summed E-state index contributed by atoms with van der Waals surface area (Å²) < 4.78 is 0. The van der Waals surface area contributed by atoms with Crippen molar-refractivity contribution in [3.63, 3.8) is 0 Å². The monoisotopic (exact) mass is 364 g/mol. The Hall–Kier alpha value is -1.15. The molecule has 3 heteroatoms. The van der Waals surface area contributed by atoms with E-state index in [-0.39, 0.29) is 0 Å². The molecule has 3 nitrogen and oxygen atoms in total. The van der Waals surface area contributed by atoms with Crippen molar-refractivity contribution in [2.45, 2.75) is 76.3 Å². The first-order chi connectivity index (χ1) is 13.3. The lowest BCUT2D eigenvalue weighted by Crippen LogP contribution is -2.58. The van der Waals surface area contributed by atoms with E-state index in [2.05, 4.69) is 22.2 Å². The number of allylic oxidation sites excluding steroid dienone is 3. The minimum Gasteiger partial charge on any atom is -0.313 e. The van der Waals surface area contributed by atoms with E-state index < -0.39 is 0 Å². The molecule has 6 fully saturated rings. The highest BCUT2D eigenvalue weighted by Crippen LogP contribution is 2.61. The van der Waals surface area contributed by atoms with Crippen molar-refractivity contribution >= 4 is 5.94 Å². The number of hydrogen-bond donors (Lipinski definition) is 1. The molecule has 7 aliphatic rings. The summed E-state index contributed by atoms with van der Waals surface area (Å²) in [5, 5.41) is 3.90. The highest BCUT2D eigenvalue weighted by Gasteiger charge is 2.54. The lowest BCUT2D eigenvalue weighted by molar-refractivity contribution is 0.0389. The van der Waals surface area contributed by atoms with Crippen LogP contribution in [0.4, 0.5) is 0 Å². The van der Waals surface area contributed by atoms with E-state index in [0.29, 0.717) is 17.5 Å². The molecule has 4 aliphatic heterocycles. The van der Waals surface area contributed by atoms with Crippen LogP contribution in [0.15, 0.2) is 28.4 Å². The Bertz CT molecular complexity index is 761. The van der Waals surface area contributed by atoms with E-state index in [1.807, 2.05) is 0 Å². The minimum atomic E-state index is 0.346. The predicted octanol–water partition coefficient (Wildman–Crippen LogP) is 3.80. The van der Waals surface area contributed by atoms with E-state index in [0.717, 1.165) is 30.4 Å². The van der Waals surface area contributed by atoms with Crippen LogP contribution >= 0.6 is 0 Å². The average Bonchev–Trinajstić information content (AvgIpc) is 2.74. The SMILES string of the molecule is O=C=C1C=C2C(=C(C3CC4CCN3CC4)C1)C[C@H]1NCC[C@@]23CCCC[C@@H]13. The average molecular weight is 365 g/mol. The van der Waals surface area contributed by atoms with Crippen LogP contribution < -0.4 is 5.32 Å². The molecule has 27 heavy (non-hydrogen) atoms. The van der Waals surface area contributed by atoms with Crippen molar-refractivity contribution in [3.05, 3.63) is 28.4 Å². The first kappa shape index (κ1) is 16.8. The van der Waals surface area contributed by atoms with Gasteiger partial charge in [-0.3, -0.25) is 4.90 Å². The van der Waals surface area contributed by atoms with Gasteiger partial charge in [-0.2, -0.15) is 0 Å². The summed E-state index contributed by atoms with van der Waals surface area (Å²) in [6, 6.07) is 1.26. The quantitative estimate of drug-likeness (QED) is 0.719. The van der Waals surface area contributed by atoms with Crippen molar-refractivity contribution in [2.24, 2.45) is 17.3 Å². The Balaban J connectivity index is 1.49. The Kier molecular flexibility index (Phi) is 3.84. The third-order valence-corrected chi connectivity index (χ3v) is 9.11. The molecule has 1 N–H and O–H groups in total. The van der Waals surface area contributed by atoms with Gasteiger partial charge in [0.2, 0.25) is 0 Å². The van der Waals surface area contributed by atoms with Gasteiger partial charge in [0.15, 0.2) is 0 Å². The number of hydrogen-bond acceptors (Lipinski definition) is 3. The molecule has 144 valence electrons. The molecule has 7 rings (SSSR count). The summed E-state index contributed by atoms with van der Waals surface area (Å²) in [6.07, 6.45) is 15.2. The maximum absolute atomic E-state index is 11.8. The zero-order chi connectivity index (χ0) is 18.0. The number of nitrogens with one attached hydrogen (secondary N) is 1. The molecule has 4 saturated heterocycles. The summed E-state index contributed by atoms with van der Waals surface area (Å²) in [4.78, 5) is 14.5. The maximum atomic E-state index is 11.8. The van der Waals surface area contributed by atoms with Gasteiger partial charge in [-0.1, -0.05) is 12.8 Å². The smallest absolute Gasteiger partial charge is 0.128 e. The summed E-state index contributed by atoms with van der Waals surface area (Å²) in [5.74, 6) is 4.03. The molecule has 4 heterocycles. The van der Waals surface area contributed by atoms with Crippen molar-refractivity contribution in [1.82, 2.24) is 10.2 Å². The first-order valence-electron chi connectivity index (χ1n) is 11.4. The molecule has 3 aliphatic carbocycles. The summed E-state index contributed by atoms with van der Waals surface area (Å²) in [5.41, 5.74) is 6.15. The van der Waals surface area contributed by atoms with Crippen molar-refractivity contribution in [2.75, 3.05) is 19.6 Å². The fourth-order valence-electron chi connectivity index (χ4n) is 7.88. The standard InChI is InChI=1S/C24H32N2O/c27-15-17-11-19(23-13-16-4-9-26(23)10-5-16)18-14-22-20-3-1-2-6-24(20,7-8-25-22)21(18)12-17/h12,16,20,22-23,25H,1-11,13-14H2/t20-,22+,23?,24+/m0/s1. The van der Waals surface area contributed by atoms with E-state index in [1.165, 1.54) is 70.9 Å². The third-order valence-electron chi connectivity index (χ3n) is 9.11. The molecule has 0 aromatic carbocycles. The Morgan fingerprint density at radius 2 is 2.04 bits per heavy atom. The van der Waals surface area contributed by atoms with Gasteiger partial charge in [0.25, 0.3) is 0 Å². The molecule has 0 radical (unpaired) electrons. The van der Waals surface area contributed by atoms with Gasteiger partial charge in [0.1, 0.15) is 5.94 Å². The zero-order valence-electron chi connectivity index (χ0n) is 16.4. The van der Waals surface area contributed by atoms with Gasteiger partial charge in [-0.15, -0.1) is 0 Å². The largest absolute Gasteiger partial charge is 0.313 e. The predicted molar refractivity (Wildman–Crippen MR) is 107 cm³/mol. The number of fused-ring (bicyclic) bond motifs is 4. The van der Waals surface area contributed by atoms with E-state index >= 15 is 0 Å². The van der Waals surface area contributed by atoms with Crippen LogP contribution in [0.5, 0.6) is 0 Å². The fourth-order valence-corrected chi connectivity index (χ4v) is 7.88. The molecule has 0 aromatic heterocycles. The molecule has 0 aromatic rings. The normalized spacial score (nSPS) is 45.7. The number of nitrogens with zero attached hydrogens (tertiary/aromatic N) is 1. The number of carbonyl (C=O) groups excluding carboxylic acids is 1. The second kappa shape index (κ2) is 6.17. The highest BCUT2D eigenvalue weighted by molar-refractivity contribution is 5.65. The Morgan fingerprint density at radius 1 is 1.15 bits per heavy atom. The molecular weight excluding hydrogens is 332 g/mol. The second-order valence-electron chi connectivity index (χ2n) is 10.1. The summed E-state index contributed by atoms with van der Waals surface area (Å²) in [7, 11) is 0. The van der Waals surface area contributed by atoms with Crippen LogP contribution in [0.2, 0.25) is 0 Å². The van der Waals surface area contributed by atoms with Gasteiger partial charge in [0, 0.05) is 29.5 Å². The molecule has 1 unspecified atom stereocenters. The molecule has 4 bridgehead atoms. The van der Waals surface area contributed by atoms with E-state index in [9.17, 15) is 4.79 Å². The van der Waals surface area contributed by atoms with Crippen molar-refractivity contribution in [1.29, 1.82) is 0 Å². The highest BCUT2D eigenvalue weighted by atomic mass is 16.1. The van der Waals surface area contributed by atoms with Crippen LogP contribution in [0.3, 0.4) is 0 Å². The number of piperidine rings is 4. The van der Waals surface area contributed by atoms with Crippen molar-refractivity contribution < 1.29 is 4.79 Å². The van der Waals surface area contributed by atoms with E-state index in [1.54, 1.807) is 16.7 Å². The van der Waals surface area contributed by atoms with Crippen molar-refractivity contribution in [3.8, 4) is 0 Å². The molecule has 0 amide bonds. The third kappa shape index (κ3) is 2.38. The van der Waals surface area contributed by atoms with Crippen LogP contribution in [-0.4, -0.2) is 42.6 Å². The number of rotatable bonds is 1. The lowest BCUT2D eigenvalue weighted by Gasteiger charge is -2.59. The summed E-state index contributed by atoms with van der Waals surface area (Å²) in [6.45, 7) is 3.68. The van der Waals surface area contributed by atoms with Gasteiger partial charge in [0.05, 0.1) is 0 Å². The second-order valence-corrected chi connectivity index (χ2v) is 10.1. The topological polar surface area (TPSA) is 32.3 Å². The minimum absolute atomic E-state index is 0.346. The molecule has 0 spiro atoms. The molecule has 4 atom stereocenters. The Morgan fingerprint density at radius 3 is 2.81 bits per heavy atom. The molecule has 2 saturated carbocycles. The fraction of sp³-hybridized carbons (Fsp3) is 0.750.